The van der Waals surface area contributed by atoms with Gasteiger partial charge in [0.2, 0.25) is 6.04 Å². The van der Waals surface area contributed by atoms with E-state index in [1.165, 1.54) is 0 Å². The second kappa shape index (κ2) is 8.57. The first-order valence-corrected chi connectivity index (χ1v) is 8.30. The van der Waals surface area contributed by atoms with Gasteiger partial charge < -0.3 is 19.9 Å². The maximum absolute atomic E-state index is 9.96. The number of aromatic hydroxyl groups is 1. The smallest absolute Gasteiger partial charge is 0.202 e. The highest BCUT2D eigenvalue weighted by Gasteiger charge is 2.18. The normalized spacial score (nSPS) is 11.6. The zero-order valence-electron chi connectivity index (χ0n) is 13.6. The summed E-state index contributed by atoms with van der Waals surface area (Å²) in [6.07, 6.45) is 0.771. The van der Waals surface area contributed by atoms with Crippen molar-refractivity contribution < 1.29 is 19.9 Å². The van der Waals surface area contributed by atoms with Crippen LogP contribution in [-0.2, 0) is 6.42 Å². The van der Waals surface area contributed by atoms with Gasteiger partial charge in [0, 0.05) is 10.9 Å². The Bertz CT molecular complexity index is 744. The number of nitrogens with two attached hydrogens (primary N) is 1. The number of hydrogen-bond donors (Lipinski definition) is 2. The van der Waals surface area contributed by atoms with Crippen LogP contribution in [0.4, 0.5) is 0 Å². The van der Waals surface area contributed by atoms with Crippen LogP contribution in [-0.4, -0.2) is 25.9 Å². The molecule has 5 nitrogen and oxygen atoms in total. The Kier molecular flexibility index (Phi) is 6.47. The lowest BCUT2D eigenvalue weighted by Crippen LogP contribution is -2.85. The van der Waals surface area contributed by atoms with E-state index in [1.807, 2.05) is 23.5 Å². The second-order valence-electron chi connectivity index (χ2n) is 5.27. The van der Waals surface area contributed by atoms with E-state index in [0.29, 0.717) is 23.6 Å². The molecule has 3 N–H and O–H groups in total. The lowest BCUT2D eigenvalue weighted by atomic mass is 10.1. The fourth-order valence-corrected chi connectivity index (χ4v) is 2.86. The molecule has 0 heterocycles. The van der Waals surface area contributed by atoms with E-state index in [2.05, 4.69) is 22.0 Å². The van der Waals surface area contributed by atoms with Gasteiger partial charge in [0.25, 0.3) is 0 Å². The van der Waals surface area contributed by atoms with Crippen LogP contribution in [0.5, 0.6) is 17.2 Å². The Balaban J connectivity index is 2.02. The van der Waals surface area contributed by atoms with Gasteiger partial charge >= 0.3 is 0 Å². The number of benzene rings is 2. The van der Waals surface area contributed by atoms with Gasteiger partial charge in [-0.05, 0) is 35.9 Å². The van der Waals surface area contributed by atoms with E-state index >= 15 is 0 Å². The average Bonchev–Trinajstić information content (AvgIpc) is 2.61. The first-order valence-electron chi connectivity index (χ1n) is 7.51. The minimum absolute atomic E-state index is 0.132. The summed E-state index contributed by atoms with van der Waals surface area (Å²) in [5.41, 5.74) is 1.71. The maximum Gasteiger partial charge on any atom is 0.202 e. The molecular weight excluding hydrogens is 372 g/mol. The fraction of sp³-hybridized carbons (Fsp3) is 0.278. The van der Waals surface area contributed by atoms with Gasteiger partial charge in [-0.25, -0.2) is 0 Å². The number of quaternary nitrogens is 1. The molecule has 0 aliphatic heterocycles. The van der Waals surface area contributed by atoms with E-state index < -0.39 is 6.04 Å². The molecule has 24 heavy (non-hydrogen) atoms. The quantitative estimate of drug-likeness (QED) is 0.759. The Labute approximate surface area is 150 Å². The molecule has 2 aromatic rings. The molecule has 6 heteroatoms. The molecule has 0 aliphatic carbocycles. The number of ether oxygens (including phenoxy) is 2. The number of phenolic OH excluding ortho intramolecular Hbond substituents is 1. The van der Waals surface area contributed by atoms with Gasteiger partial charge in [-0.2, -0.15) is 5.26 Å². The highest BCUT2D eigenvalue weighted by atomic mass is 79.9. The van der Waals surface area contributed by atoms with Gasteiger partial charge in [-0.15, -0.1) is 0 Å². The van der Waals surface area contributed by atoms with Crippen LogP contribution in [0.25, 0.3) is 0 Å². The molecule has 0 fully saturated rings. The Morgan fingerprint density at radius 3 is 2.58 bits per heavy atom. The molecular formula is C18H20BrN2O3+. The van der Waals surface area contributed by atoms with Crippen LogP contribution in [0.1, 0.15) is 17.2 Å². The van der Waals surface area contributed by atoms with Crippen molar-refractivity contribution in [2.45, 2.75) is 12.5 Å². The lowest BCUT2D eigenvalue weighted by molar-refractivity contribution is -0.683. The molecule has 126 valence electrons. The lowest BCUT2D eigenvalue weighted by Gasteiger charge is -2.12. The molecule has 0 saturated heterocycles. The largest absolute Gasteiger partial charge is 0.507 e. The number of phenols is 1. The Morgan fingerprint density at radius 1 is 1.17 bits per heavy atom. The van der Waals surface area contributed by atoms with Crippen LogP contribution in [0.2, 0.25) is 0 Å². The predicted molar refractivity (Wildman–Crippen MR) is 94.2 cm³/mol. The molecule has 0 aromatic heterocycles. The molecule has 1 atom stereocenters. The van der Waals surface area contributed by atoms with Crippen molar-refractivity contribution in [3.63, 3.8) is 0 Å². The molecule has 2 aromatic carbocycles. The van der Waals surface area contributed by atoms with Crippen molar-refractivity contribution in [1.82, 2.24) is 0 Å². The monoisotopic (exact) mass is 391 g/mol. The third-order valence-corrected chi connectivity index (χ3v) is 4.24. The van der Waals surface area contributed by atoms with E-state index in [1.54, 1.807) is 32.4 Å². The van der Waals surface area contributed by atoms with E-state index in [4.69, 9.17) is 9.47 Å². The van der Waals surface area contributed by atoms with Crippen molar-refractivity contribution in [1.29, 1.82) is 5.26 Å². The van der Waals surface area contributed by atoms with Gasteiger partial charge in [0.1, 0.15) is 11.8 Å². The minimum Gasteiger partial charge on any atom is -0.507 e. The highest BCUT2D eigenvalue weighted by molar-refractivity contribution is 9.10. The zero-order chi connectivity index (χ0) is 17.5. The van der Waals surface area contributed by atoms with Crippen LogP contribution >= 0.6 is 15.9 Å². The van der Waals surface area contributed by atoms with Gasteiger partial charge in [0.05, 0.1) is 26.3 Å². The predicted octanol–water partition coefficient (Wildman–Crippen LogP) is 2.54. The van der Waals surface area contributed by atoms with Crippen LogP contribution in [0.3, 0.4) is 0 Å². The van der Waals surface area contributed by atoms with E-state index in [9.17, 15) is 10.4 Å². The number of nitrogens with zero attached hydrogens (tertiary/aromatic N) is 1. The number of rotatable bonds is 7. The first-order chi connectivity index (χ1) is 11.6. The average molecular weight is 392 g/mol. The third-order valence-electron chi connectivity index (χ3n) is 3.75. The summed E-state index contributed by atoms with van der Waals surface area (Å²) in [7, 11) is 3.21. The summed E-state index contributed by atoms with van der Waals surface area (Å²) < 4.78 is 11.4. The van der Waals surface area contributed by atoms with Gasteiger partial charge in [-0.3, -0.25) is 0 Å². The number of hydrogen-bond acceptors (Lipinski definition) is 4. The molecule has 0 aliphatic rings. The molecule has 0 amide bonds. The number of halogens is 1. The summed E-state index contributed by atoms with van der Waals surface area (Å²) in [5.74, 6) is 1.52. The van der Waals surface area contributed by atoms with E-state index in [0.717, 1.165) is 16.5 Å². The highest BCUT2D eigenvalue weighted by Crippen LogP contribution is 2.28. The molecule has 0 saturated carbocycles. The number of methoxy groups -OCH3 is 2. The Morgan fingerprint density at radius 2 is 1.92 bits per heavy atom. The van der Waals surface area contributed by atoms with E-state index in [-0.39, 0.29) is 5.75 Å². The van der Waals surface area contributed by atoms with Crippen LogP contribution in [0.15, 0.2) is 40.9 Å². The fourth-order valence-electron chi connectivity index (χ4n) is 2.48. The van der Waals surface area contributed by atoms with Gasteiger partial charge in [-0.1, -0.05) is 22.0 Å². The molecule has 2 rings (SSSR count). The standard InChI is InChI=1S/C18H19BrN2O3/c1-23-17-6-3-12(9-18(17)24-2)7-8-21-15(11-20)14-10-13(19)4-5-16(14)22/h3-6,9-10,15,21-22H,7-8H2,1-2H3/p+1/t15-/m1/s1. The third kappa shape index (κ3) is 4.40. The van der Waals surface area contributed by atoms with Crippen LogP contribution < -0.4 is 14.8 Å². The van der Waals surface area contributed by atoms with Crippen molar-refractivity contribution in [3.05, 3.63) is 52.0 Å². The molecule has 0 bridgehead atoms. The molecule has 0 spiro atoms. The minimum atomic E-state index is -0.456. The summed E-state index contributed by atoms with van der Waals surface area (Å²) in [6.45, 7) is 0.708. The van der Waals surface area contributed by atoms with Crippen molar-refractivity contribution in [3.8, 4) is 23.3 Å². The summed E-state index contributed by atoms with van der Waals surface area (Å²) in [6, 6.07) is 12.7. The van der Waals surface area contributed by atoms with Crippen molar-refractivity contribution in [2.24, 2.45) is 0 Å². The van der Waals surface area contributed by atoms with Crippen molar-refractivity contribution in [2.75, 3.05) is 20.8 Å². The molecule has 0 radical (unpaired) electrons. The zero-order valence-corrected chi connectivity index (χ0v) is 15.2. The Hall–Kier alpha value is -2.23. The summed E-state index contributed by atoms with van der Waals surface area (Å²) >= 11 is 3.37. The van der Waals surface area contributed by atoms with Crippen LogP contribution in [0, 0.1) is 11.3 Å². The number of nitriles is 1. The SMILES string of the molecule is COc1ccc(CC[NH2+][C@H](C#N)c2cc(Br)ccc2O)cc1OC. The molecule has 0 unspecified atom stereocenters. The first kappa shape index (κ1) is 18.1. The summed E-state index contributed by atoms with van der Waals surface area (Å²) in [5, 5.41) is 21.3. The van der Waals surface area contributed by atoms with Gasteiger partial charge in [0.15, 0.2) is 11.5 Å². The topological polar surface area (TPSA) is 79.1 Å². The van der Waals surface area contributed by atoms with Crippen molar-refractivity contribution >= 4 is 15.9 Å². The maximum atomic E-state index is 9.96. The summed E-state index contributed by atoms with van der Waals surface area (Å²) in [4.78, 5) is 0. The second-order valence-corrected chi connectivity index (χ2v) is 6.19.